The van der Waals surface area contributed by atoms with Crippen molar-refractivity contribution in [3.63, 3.8) is 0 Å². The second kappa shape index (κ2) is 2.75. The van der Waals surface area contributed by atoms with E-state index in [1.54, 1.807) is 0 Å². The predicted molar refractivity (Wildman–Crippen MR) is 37.8 cm³/mol. The van der Waals surface area contributed by atoms with E-state index in [-0.39, 0.29) is 17.8 Å². The molecule has 2 unspecified atom stereocenters. The van der Waals surface area contributed by atoms with Gasteiger partial charge in [0.2, 0.25) is 0 Å². The van der Waals surface area contributed by atoms with Gasteiger partial charge in [-0.1, -0.05) is 0 Å². The number of carbonyl (C=O) groups excluding carboxylic acids is 1. The Hall–Kier alpha value is 0.0449. The van der Waals surface area contributed by atoms with E-state index in [2.05, 4.69) is 0 Å². The summed E-state index contributed by atoms with van der Waals surface area (Å²) in [6.07, 6.45) is 1.88. The number of carbonyl (C=O) groups is 1. The molecule has 0 saturated carbocycles. The number of hydrogen-bond acceptors (Lipinski definition) is 3. The van der Waals surface area contributed by atoms with Gasteiger partial charge in [0.05, 0.1) is 7.85 Å². The van der Waals surface area contributed by atoms with Crippen LogP contribution in [0.25, 0.3) is 0 Å². The highest BCUT2D eigenvalue weighted by molar-refractivity contribution is 7.99. The molecular formula is C5H7BO2S. The molecule has 1 rings (SSSR count). The van der Waals surface area contributed by atoms with Crippen LogP contribution in [0.1, 0.15) is 0 Å². The molecule has 9 heavy (non-hydrogen) atoms. The summed E-state index contributed by atoms with van der Waals surface area (Å²) in [5.74, 6) is -0.394. The Morgan fingerprint density at radius 1 is 1.89 bits per heavy atom. The molecule has 0 aromatic rings. The maximum Gasteiger partial charge on any atom is 0.156 e. The van der Waals surface area contributed by atoms with Crippen molar-refractivity contribution in [3.8, 4) is 0 Å². The van der Waals surface area contributed by atoms with Crippen molar-refractivity contribution in [1.29, 1.82) is 0 Å². The monoisotopic (exact) mass is 142 g/mol. The highest BCUT2D eigenvalue weighted by Crippen LogP contribution is 2.27. The molecule has 1 fully saturated rings. The van der Waals surface area contributed by atoms with Gasteiger partial charge in [-0.25, -0.2) is 0 Å². The summed E-state index contributed by atoms with van der Waals surface area (Å²) in [5, 5.41) is 0. The van der Waals surface area contributed by atoms with Crippen molar-refractivity contribution in [2.75, 3.05) is 12.9 Å². The Balaban J connectivity index is 2.51. The Morgan fingerprint density at radius 2 is 2.56 bits per heavy atom. The molecule has 0 amide bonds. The lowest BCUT2D eigenvalue weighted by Crippen LogP contribution is -2.09. The first kappa shape index (κ1) is 7.16. The van der Waals surface area contributed by atoms with Crippen LogP contribution in [0.4, 0.5) is 0 Å². The molecule has 0 aliphatic carbocycles. The molecule has 2 radical (unpaired) electrons. The smallest absolute Gasteiger partial charge is 0.156 e. The topological polar surface area (TPSA) is 26.3 Å². The first-order valence-corrected chi connectivity index (χ1v) is 3.97. The lowest BCUT2D eigenvalue weighted by molar-refractivity contribution is -0.117. The zero-order chi connectivity index (χ0) is 6.85. The number of Topliss-reactive ketones (excluding diaryl/α,β-unsaturated/α-hetero) is 1. The van der Waals surface area contributed by atoms with Gasteiger partial charge in [0.1, 0.15) is 12.0 Å². The lowest BCUT2D eigenvalue weighted by Gasteiger charge is -2.08. The van der Waals surface area contributed by atoms with Crippen LogP contribution in [0.5, 0.6) is 0 Å². The van der Waals surface area contributed by atoms with Gasteiger partial charge < -0.3 is 4.74 Å². The number of thioether (sulfide) groups is 1. The minimum Gasteiger partial charge on any atom is -0.360 e. The van der Waals surface area contributed by atoms with Crippen molar-refractivity contribution in [3.05, 3.63) is 0 Å². The Bertz CT molecular complexity index is 128. The number of rotatable bonds is 1. The van der Waals surface area contributed by atoms with E-state index in [0.717, 1.165) is 0 Å². The molecule has 1 heterocycles. The Labute approximate surface area is 59.7 Å². The van der Waals surface area contributed by atoms with E-state index in [1.807, 2.05) is 6.26 Å². The van der Waals surface area contributed by atoms with Gasteiger partial charge in [-0.05, 0) is 6.26 Å². The normalized spacial score (nSPS) is 35.4. The van der Waals surface area contributed by atoms with E-state index < -0.39 is 5.82 Å². The van der Waals surface area contributed by atoms with E-state index >= 15 is 0 Å². The third-order valence-electron chi connectivity index (χ3n) is 1.29. The molecular weight excluding hydrogens is 135 g/mol. The summed E-state index contributed by atoms with van der Waals surface area (Å²) < 4.78 is 5.02. The average Bonchev–Trinajstić information content (AvgIpc) is 2.15. The molecule has 1 aliphatic rings. The third kappa shape index (κ3) is 1.30. The van der Waals surface area contributed by atoms with Crippen LogP contribution in [-0.2, 0) is 9.53 Å². The molecule has 48 valence electrons. The van der Waals surface area contributed by atoms with Gasteiger partial charge in [0.15, 0.2) is 5.78 Å². The number of ketones is 1. The minimum atomic E-state index is -0.403. The molecule has 1 aliphatic heterocycles. The van der Waals surface area contributed by atoms with Crippen molar-refractivity contribution in [2.45, 2.75) is 11.3 Å². The van der Waals surface area contributed by atoms with Crippen molar-refractivity contribution in [2.24, 2.45) is 0 Å². The first-order valence-electron chi connectivity index (χ1n) is 2.68. The summed E-state index contributed by atoms with van der Waals surface area (Å²) in [7, 11) is 5.44. The van der Waals surface area contributed by atoms with E-state index in [9.17, 15) is 4.79 Å². The van der Waals surface area contributed by atoms with E-state index in [4.69, 9.17) is 12.6 Å². The van der Waals surface area contributed by atoms with Gasteiger partial charge in [-0.2, -0.15) is 0 Å². The molecule has 0 bridgehead atoms. The number of hydrogen-bond donors (Lipinski definition) is 0. The number of ether oxygens (including phenoxy) is 1. The molecule has 0 spiro atoms. The standard InChI is InChI=1S/C5H7BO2S/c1-9-5-4(6)3(7)2-8-5/h4-5H,2H2,1H3. The highest BCUT2D eigenvalue weighted by Gasteiger charge is 2.30. The van der Waals surface area contributed by atoms with Crippen LogP contribution in [0.2, 0.25) is 5.82 Å². The quantitative estimate of drug-likeness (QED) is 0.490. The van der Waals surface area contributed by atoms with Crippen LogP contribution >= 0.6 is 11.8 Å². The second-order valence-electron chi connectivity index (χ2n) is 1.91. The molecule has 2 atom stereocenters. The van der Waals surface area contributed by atoms with Crippen molar-refractivity contribution >= 4 is 25.4 Å². The zero-order valence-corrected chi connectivity index (χ0v) is 5.98. The summed E-state index contributed by atoms with van der Waals surface area (Å²) in [6.45, 7) is 0.187. The van der Waals surface area contributed by atoms with Crippen molar-refractivity contribution < 1.29 is 9.53 Å². The largest absolute Gasteiger partial charge is 0.360 e. The fourth-order valence-electron chi connectivity index (χ4n) is 0.731. The van der Waals surface area contributed by atoms with Crippen LogP contribution in [0.3, 0.4) is 0 Å². The van der Waals surface area contributed by atoms with Gasteiger partial charge in [0.25, 0.3) is 0 Å². The molecule has 0 aromatic carbocycles. The SMILES string of the molecule is [B]C1C(=O)COC1SC. The average molecular weight is 142 g/mol. The van der Waals surface area contributed by atoms with E-state index in [0.29, 0.717) is 0 Å². The Morgan fingerprint density at radius 3 is 2.78 bits per heavy atom. The molecule has 4 heteroatoms. The van der Waals surface area contributed by atoms with Crippen molar-refractivity contribution in [1.82, 2.24) is 0 Å². The minimum absolute atomic E-state index is 0.00866. The zero-order valence-electron chi connectivity index (χ0n) is 5.16. The summed E-state index contributed by atoms with van der Waals surface area (Å²) in [5.41, 5.74) is -0.113. The fourth-order valence-corrected chi connectivity index (χ4v) is 1.38. The molecule has 1 saturated heterocycles. The maximum absolute atomic E-state index is 10.7. The first-order chi connectivity index (χ1) is 4.25. The van der Waals surface area contributed by atoms with Gasteiger partial charge in [0, 0.05) is 5.82 Å². The van der Waals surface area contributed by atoms with Crippen LogP contribution in [-0.4, -0.2) is 31.9 Å². The lowest BCUT2D eigenvalue weighted by atomic mass is 9.86. The van der Waals surface area contributed by atoms with Gasteiger partial charge in [-0.3, -0.25) is 4.79 Å². The van der Waals surface area contributed by atoms with E-state index in [1.165, 1.54) is 11.8 Å². The van der Waals surface area contributed by atoms with Gasteiger partial charge >= 0.3 is 0 Å². The second-order valence-corrected chi connectivity index (χ2v) is 2.84. The Kier molecular flexibility index (Phi) is 2.19. The molecule has 0 aromatic heterocycles. The van der Waals surface area contributed by atoms with Crippen LogP contribution < -0.4 is 0 Å². The molecule has 0 N–H and O–H groups in total. The van der Waals surface area contributed by atoms with Crippen LogP contribution in [0.15, 0.2) is 0 Å². The summed E-state index contributed by atoms with van der Waals surface area (Å²) in [6, 6.07) is 0. The fraction of sp³-hybridized carbons (Fsp3) is 0.800. The maximum atomic E-state index is 10.7. The summed E-state index contributed by atoms with van der Waals surface area (Å²) >= 11 is 1.48. The predicted octanol–water partition coefficient (Wildman–Crippen LogP) is 0.232. The highest BCUT2D eigenvalue weighted by atomic mass is 32.2. The molecule has 2 nitrogen and oxygen atoms in total. The van der Waals surface area contributed by atoms with Crippen LogP contribution in [0, 0.1) is 0 Å². The van der Waals surface area contributed by atoms with Gasteiger partial charge in [-0.15, -0.1) is 11.8 Å². The third-order valence-corrected chi connectivity index (χ3v) is 2.18. The summed E-state index contributed by atoms with van der Waals surface area (Å²) in [4.78, 5) is 10.7.